The number of hydrogen-bond donors (Lipinski definition) is 1. The van der Waals surface area contributed by atoms with Crippen molar-refractivity contribution < 1.29 is 5.11 Å². The zero-order chi connectivity index (χ0) is 11.2. The molecular formula is C15H34O. The summed E-state index contributed by atoms with van der Waals surface area (Å²) in [6, 6.07) is 0. The number of rotatable bonds is 12. The summed E-state index contributed by atoms with van der Waals surface area (Å²) < 4.78 is 0. The van der Waals surface area contributed by atoms with Crippen LogP contribution in [0, 0.1) is 0 Å². The van der Waals surface area contributed by atoms with Gasteiger partial charge in [-0.15, -0.1) is 0 Å². The third-order valence-electron chi connectivity index (χ3n) is 3.01. The van der Waals surface area contributed by atoms with Gasteiger partial charge in [-0.3, -0.25) is 0 Å². The summed E-state index contributed by atoms with van der Waals surface area (Å²) in [6.45, 7) is 2.64. The van der Waals surface area contributed by atoms with Crippen LogP contribution in [-0.4, -0.2) is 11.7 Å². The Morgan fingerprint density at radius 1 is 0.562 bits per heavy atom. The molecule has 0 aromatic heterocycles. The van der Waals surface area contributed by atoms with Crippen LogP contribution < -0.4 is 0 Å². The van der Waals surface area contributed by atoms with Crippen LogP contribution in [0.2, 0.25) is 0 Å². The van der Waals surface area contributed by atoms with Gasteiger partial charge in [0.2, 0.25) is 0 Å². The van der Waals surface area contributed by atoms with Crippen molar-refractivity contribution in [3.8, 4) is 0 Å². The Labute approximate surface area is 104 Å². The van der Waals surface area contributed by atoms with E-state index >= 15 is 0 Å². The van der Waals surface area contributed by atoms with Crippen molar-refractivity contribution in [3.63, 3.8) is 0 Å². The van der Waals surface area contributed by atoms with E-state index in [9.17, 15) is 0 Å². The molecule has 0 radical (unpaired) electrons. The molecule has 0 saturated carbocycles. The highest BCUT2D eigenvalue weighted by Crippen LogP contribution is 2.11. The molecule has 0 unspecified atom stereocenters. The zero-order valence-electron chi connectivity index (χ0n) is 10.6. The largest absolute Gasteiger partial charge is 0.396 e. The second kappa shape index (κ2) is 17.4. The van der Waals surface area contributed by atoms with E-state index in [-0.39, 0.29) is 7.43 Å². The first-order valence-electron chi connectivity index (χ1n) is 7.02. The molecule has 0 aliphatic heterocycles. The van der Waals surface area contributed by atoms with Gasteiger partial charge >= 0.3 is 0 Å². The summed E-state index contributed by atoms with van der Waals surface area (Å²) in [5, 5.41) is 8.61. The fourth-order valence-electron chi connectivity index (χ4n) is 1.95. The Morgan fingerprint density at radius 3 is 1.19 bits per heavy atom. The molecule has 0 aliphatic carbocycles. The van der Waals surface area contributed by atoms with Gasteiger partial charge in [-0.25, -0.2) is 0 Å². The lowest BCUT2D eigenvalue weighted by atomic mass is 10.1. The zero-order valence-corrected chi connectivity index (χ0v) is 10.6. The lowest BCUT2D eigenvalue weighted by Gasteiger charge is -2.01. The lowest BCUT2D eigenvalue weighted by molar-refractivity contribution is 0.282. The number of hydrogen-bond acceptors (Lipinski definition) is 1. The highest BCUT2D eigenvalue weighted by atomic mass is 16.2. The molecule has 0 heterocycles. The molecule has 0 spiro atoms. The monoisotopic (exact) mass is 230 g/mol. The standard InChI is InChI=1S/C14H30O.CH4/c1-2-3-4-5-6-7-8-9-10-11-12-13-14-15;/h15H,2-14H2,1H3;1H4. The van der Waals surface area contributed by atoms with E-state index in [4.69, 9.17) is 5.11 Å². The van der Waals surface area contributed by atoms with Crippen molar-refractivity contribution >= 4 is 0 Å². The quantitative estimate of drug-likeness (QED) is 0.450. The van der Waals surface area contributed by atoms with Gasteiger partial charge in [0.05, 0.1) is 0 Å². The third-order valence-corrected chi connectivity index (χ3v) is 3.01. The summed E-state index contributed by atoms with van der Waals surface area (Å²) in [4.78, 5) is 0. The molecule has 1 nitrogen and oxygen atoms in total. The Balaban J connectivity index is 0. The van der Waals surface area contributed by atoms with Crippen LogP contribution in [0.1, 0.15) is 91.4 Å². The smallest absolute Gasteiger partial charge is 0.0431 e. The first-order chi connectivity index (χ1) is 7.41. The van der Waals surface area contributed by atoms with Crippen molar-refractivity contribution in [1.29, 1.82) is 0 Å². The Kier molecular flexibility index (Phi) is 19.9. The minimum absolute atomic E-state index is 0. The van der Waals surface area contributed by atoms with Crippen LogP contribution in [0.25, 0.3) is 0 Å². The summed E-state index contributed by atoms with van der Waals surface area (Å²) in [6.07, 6.45) is 16.2. The predicted octanol–water partition coefficient (Wildman–Crippen LogP) is 5.32. The van der Waals surface area contributed by atoms with E-state index < -0.39 is 0 Å². The number of unbranched alkanes of at least 4 members (excludes halogenated alkanes) is 11. The van der Waals surface area contributed by atoms with Crippen LogP contribution in [-0.2, 0) is 0 Å². The Morgan fingerprint density at radius 2 is 0.875 bits per heavy atom. The van der Waals surface area contributed by atoms with Gasteiger partial charge < -0.3 is 5.11 Å². The average molecular weight is 230 g/mol. The van der Waals surface area contributed by atoms with Gasteiger partial charge in [0.15, 0.2) is 0 Å². The highest BCUT2D eigenvalue weighted by molar-refractivity contribution is 4.47. The first-order valence-corrected chi connectivity index (χ1v) is 7.02. The second-order valence-corrected chi connectivity index (χ2v) is 4.61. The minimum atomic E-state index is 0. The van der Waals surface area contributed by atoms with Crippen LogP contribution in [0.5, 0.6) is 0 Å². The van der Waals surface area contributed by atoms with Crippen LogP contribution >= 0.6 is 0 Å². The first kappa shape index (κ1) is 18.3. The molecule has 1 N–H and O–H groups in total. The van der Waals surface area contributed by atoms with Gasteiger partial charge in [0.25, 0.3) is 0 Å². The normalized spacial score (nSPS) is 10.1. The predicted molar refractivity (Wildman–Crippen MR) is 74.9 cm³/mol. The number of aliphatic hydroxyl groups is 1. The molecule has 0 bridgehead atoms. The Hall–Kier alpha value is -0.0400. The van der Waals surface area contributed by atoms with Crippen molar-refractivity contribution in [2.24, 2.45) is 0 Å². The molecule has 0 aliphatic rings. The van der Waals surface area contributed by atoms with Crippen LogP contribution in [0.15, 0.2) is 0 Å². The van der Waals surface area contributed by atoms with Gasteiger partial charge in [-0.2, -0.15) is 0 Å². The van der Waals surface area contributed by atoms with E-state index in [1.807, 2.05) is 0 Å². The second-order valence-electron chi connectivity index (χ2n) is 4.61. The molecule has 0 saturated heterocycles. The third kappa shape index (κ3) is 16.4. The van der Waals surface area contributed by atoms with Gasteiger partial charge in [-0.1, -0.05) is 85.0 Å². The maximum Gasteiger partial charge on any atom is 0.0431 e. The SMILES string of the molecule is C.CCCCCCCCCCCCCCO. The maximum absolute atomic E-state index is 8.61. The molecule has 0 rings (SSSR count). The number of aliphatic hydroxyl groups excluding tert-OH is 1. The molecule has 100 valence electrons. The van der Waals surface area contributed by atoms with Gasteiger partial charge in [-0.05, 0) is 6.42 Å². The van der Waals surface area contributed by atoms with Crippen molar-refractivity contribution in [3.05, 3.63) is 0 Å². The van der Waals surface area contributed by atoms with Crippen molar-refractivity contribution in [1.82, 2.24) is 0 Å². The lowest BCUT2D eigenvalue weighted by Crippen LogP contribution is -1.84. The maximum atomic E-state index is 8.61. The van der Waals surface area contributed by atoms with E-state index in [0.717, 1.165) is 6.42 Å². The van der Waals surface area contributed by atoms with E-state index in [2.05, 4.69) is 6.92 Å². The molecule has 0 atom stereocenters. The fraction of sp³-hybridized carbons (Fsp3) is 1.00. The van der Waals surface area contributed by atoms with E-state index in [1.165, 1.54) is 70.6 Å². The fourth-order valence-corrected chi connectivity index (χ4v) is 1.95. The van der Waals surface area contributed by atoms with Crippen LogP contribution in [0.4, 0.5) is 0 Å². The molecule has 0 aromatic carbocycles. The summed E-state index contributed by atoms with van der Waals surface area (Å²) in [5.41, 5.74) is 0. The molecule has 16 heavy (non-hydrogen) atoms. The van der Waals surface area contributed by atoms with Crippen molar-refractivity contribution in [2.75, 3.05) is 6.61 Å². The van der Waals surface area contributed by atoms with Crippen molar-refractivity contribution in [2.45, 2.75) is 91.4 Å². The molecular weight excluding hydrogens is 196 g/mol. The summed E-state index contributed by atoms with van der Waals surface area (Å²) in [7, 11) is 0. The minimum Gasteiger partial charge on any atom is -0.396 e. The molecule has 0 fully saturated rings. The van der Waals surface area contributed by atoms with E-state index in [0.29, 0.717) is 6.61 Å². The highest BCUT2D eigenvalue weighted by Gasteiger charge is 1.92. The topological polar surface area (TPSA) is 20.2 Å². The molecule has 1 heteroatoms. The van der Waals surface area contributed by atoms with Crippen LogP contribution in [0.3, 0.4) is 0 Å². The van der Waals surface area contributed by atoms with Gasteiger partial charge in [0.1, 0.15) is 0 Å². The average Bonchev–Trinajstić information content (AvgIpc) is 2.26. The molecule has 0 amide bonds. The summed E-state index contributed by atoms with van der Waals surface area (Å²) in [5.74, 6) is 0. The molecule has 0 aromatic rings. The van der Waals surface area contributed by atoms with Gasteiger partial charge in [0, 0.05) is 6.61 Å². The summed E-state index contributed by atoms with van der Waals surface area (Å²) >= 11 is 0. The Bertz CT molecular complexity index is 89.6. The van der Waals surface area contributed by atoms with E-state index in [1.54, 1.807) is 0 Å².